The third kappa shape index (κ3) is 3.57. The van der Waals surface area contributed by atoms with Gasteiger partial charge in [-0.3, -0.25) is 4.99 Å². The van der Waals surface area contributed by atoms with E-state index in [1.54, 1.807) is 0 Å². The van der Waals surface area contributed by atoms with Crippen LogP contribution in [0.5, 0.6) is 0 Å². The number of hydrogen-bond acceptors (Lipinski definition) is 1. The van der Waals surface area contributed by atoms with E-state index in [0.29, 0.717) is 6.54 Å². The Morgan fingerprint density at radius 2 is 2.00 bits per heavy atom. The molecule has 0 saturated carbocycles. The maximum atomic E-state index is 4.16. The highest BCUT2D eigenvalue weighted by Gasteiger charge is 1.85. The molecule has 0 spiro atoms. The molecular formula is C12H13N. The lowest BCUT2D eigenvalue weighted by Gasteiger charge is -1.92. The second-order valence-corrected chi connectivity index (χ2v) is 2.81. The van der Waals surface area contributed by atoms with Gasteiger partial charge < -0.3 is 0 Å². The number of rotatable bonds is 2. The molecule has 0 unspecified atom stereocenters. The summed E-state index contributed by atoms with van der Waals surface area (Å²) < 4.78 is 0. The summed E-state index contributed by atoms with van der Waals surface area (Å²) in [7, 11) is 0. The van der Waals surface area contributed by atoms with Crippen LogP contribution in [0.15, 0.2) is 29.3 Å². The molecule has 0 amide bonds. The van der Waals surface area contributed by atoms with Crippen molar-refractivity contribution >= 4 is 6.21 Å². The molecule has 1 nitrogen and oxygen atoms in total. The van der Waals surface area contributed by atoms with Gasteiger partial charge in [0.2, 0.25) is 0 Å². The molecule has 66 valence electrons. The van der Waals surface area contributed by atoms with E-state index < -0.39 is 0 Å². The van der Waals surface area contributed by atoms with Crippen LogP contribution in [0.3, 0.4) is 0 Å². The Morgan fingerprint density at radius 1 is 1.31 bits per heavy atom. The maximum absolute atomic E-state index is 4.16. The van der Waals surface area contributed by atoms with Crippen LogP contribution in [0.2, 0.25) is 0 Å². The smallest absolute Gasteiger partial charge is 0.0997 e. The van der Waals surface area contributed by atoms with Gasteiger partial charge in [-0.15, -0.1) is 5.92 Å². The van der Waals surface area contributed by atoms with Gasteiger partial charge in [0.05, 0.1) is 6.54 Å². The summed E-state index contributed by atoms with van der Waals surface area (Å²) in [5, 5.41) is 0. The Kier molecular flexibility index (Phi) is 3.78. The number of hydrogen-bond donors (Lipinski definition) is 0. The third-order valence-electron chi connectivity index (χ3n) is 1.66. The zero-order valence-electron chi connectivity index (χ0n) is 8.04. The summed E-state index contributed by atoms with van der Waals surface area (Å²) in [6, 6.07) is 8.26. The van der Waals surface area contributed by atoms with E-state index in [4.69, 9.17) is 0 Å². The lowest BCUT2D eigenvalue weighted by Crippen LogP contribution is -1.82. The zero-order chi connectivity index (χ0) is 9.52. The Bertz CT molecular complexity index is 336. The molecule has 0 atom stereocenters. The van der Waals surface area contributed by atoms with Gasteiger partial charge in [0.15, 0.2) is 0 Å². The van der Waals surface area contributed by atoms with Gasteiger partial charge in [-0.1, -0.05) is 35.7 Å². The van der Waals surface area contributed by atoms with Gasteiger partial charge in [-0.25, -0.2) is 0 Å². The van der Waals surface area contributed by atoms with Gasteiger partial charge >= 0.3 is 0 Å². The van der Waals surface area contributed by atoms with Gasteiger partial charge in [-0.05, 0) is 19.4 Å². The topological polar surface area (TPSA) is 12.4 Å². The highest BCUT2D eigenvalue weighted by atomic mass is 14.7. The summed E-state index contributed by atoms with van der Waals surface area (Å²) in [6.45, 7) is 4.48. The van der Waals surface area contributed by atoms with Crippen LogP contribution in [-0.4, -0.2) is 12.8 Å². The minimum absolute atomic E-state index is 0.588. The van der Waals surface area contributed by atoms with Crippen molar-refractivity contribution < 1.29 is 0 Å². The lowest BCUT2D eigenvalue weighted by atomic mass is 10.2. The molecular weight excluding hydrogens is 158 g/mol. The Balaban J connectivity index is 2.57. The third-order valence-corrected chi connectivity index (χ3v) is 1.66. The first kappa shape index (κ1) is 9.54. The number of aryl methyl sites for hydroxylation is 1. The molecule has 0 aromatic heterocycles. The Labute approximate surface area is 79.5 Å². The van der Waals surface area contributed by atoms with Gasteiger partial charge in [0.1, 0.15) is 0 Å². The first-order valence-electron chi connectivity index (χ1n) is 4.29. The summed E-state index contributed by atoms with van der Waals surface area (Å²) in [5.41, 5.74) is 2.40. The predicted octanol–water partition coefficient (Wildman–Crippen LogP) is 2.44. The fraction of sp³-hybridized carbons (Fsp3) is 0.250. The van der Waals surface area contributed by atoms with E-state index in [0.717, 1.165) is 5.56 Å². The summed E-state index contributed by atoms with van der Waals surface area (Å²) in [6.07, 6.45) is 1.85. The molecule has 13 heavy (non-hydrogen) atoms. The molecule has 0 saturated heterocycles. The minimum Gasteiger partial charge on any atom is -0.280 e. The summed E-state index contributed by atoms with van der Waals surface area (Å²) >= 11 is 0. The molecule has 1 rings (SSSR count). The Morgan fingerprint density at radius 3 is 2.62 bits per heavy atom. The van der Waals surface area contributed by atoms with Crippen molar-refractivity contribution in [3.05, 3.63) is 35.4 Å². The second kappa shape index (κ2) is 5.16. The van der Waals surface area contributed by atoms with Gasteiger partial charge in [-0.2, -0.15) is 0 Å². The van der Waals surface area contributed by atoms with Crippen LogP contribution in [0.25, 0.3) is 0 Å². The maximum Gasteiger partial charge on any atom is 0.0997 e. The lowest BCUT2D eigenvalue weighted by molar-refractivity contribution is 1.30. The molecule has 1 aromatic carbocycles. The first-order valence-corrected chi connectivity index (χ1v) is 4.29. The van der Waals surface area contributed by atoms with Crippen LogP contribution in [0, 0.1) is 18.8 Å². The van der Waals surface area contributed by atoms with E-state index in [1.807, 2.05) is 13.1 Å². The monoisotopic (exact) mass is 171 g/mol. The summed E-state index contributed by atoms with van der Waals surface area (Å²) in [5.74, 6) is 5.68. The molecule has 0 aliphatic carbocycles. The molecule has 0 radical (unpaired) electrons. The minimum atomic E-state index is 0.588. The predicted molar refractivity (Wildman–Crippen MR) is 57.1 cm³/mol. The van der Waals surface area contributed by atoms with Crippen LogP contribution in [-0.2, 0) is 0 Å². The Hall–Kier alpha value is -1.55. The fourth-order valence-electron chi connectivity index (χ4n) is 0.928. The van der Waals surface area contributed by atoms with Crippen molar-refractivity contribution in [2.75, 3.05) is 6.54 Å². The fourth-order valence-corrected chi connectivity index (χ4v) is 0.928. The van der Waals surface area contributed by atoms with Crippen molar-refractivity contribution in [3.63, 3.8) is 0 Å². The van der Waals surface area contributed by atoms with Crippen LogP contribution >= 0.6 is 0 Å². The standard InChI is InChI=1S/C12H13N/c1-3-4-9-13-10-12-7-5-11(2)6-8-12/h5-8,10H,9H2,1-2H3. The van der Waals surface area contributed by atoms with Crippen molar-refractivity contribution in [2.45, 2.75) is 13.8 Å². The molecule has 1 aromatic rings. The zero-order valence-corrected chi connectivity index (χ0v) is 8.04. The van der Waals surface area contributed by atoms with Crippen molar-refractivity contribution in [1.82, 2.24) is 0 Å². The molecule has 0 heterocycles. The number of nitrogens with zero attached hydrogens (tertiary/aromatic N) is 1. The number of benzene rings is 1. The average molecular weight is 171 g/mol. The molecule has 0 bridgehead atoms. The second-order valence-electron chi connectivity index (χ2n) is 2.81. The number of aliphatic imine (C=N–C) groups is 1. The summed E-state index contributed by atoms with van der Waals surface area (Å²) in [4.78, 5) is 4.16. The van der Waals surface area contributed by atoms with Crippen LogP contribution < -0.4 is 0 Å². The van der Waals surface area contributed by atoms with Gasteiger partial charge in [0.25, 0.3) is 0 Å². The van der Waals surface area contributed by atoms with E-state index >= 15 is 0 Å². The van der Waals surface area contributed by atoms with Crippen molar-refractivity contribution in [1.29, 1.82) is 0 Å². The van der Waals surface area contributed by atoms with Crippen molar-refractivity contribution in [2.24, 2.45) is 4.99 Å². The largest absolute Gasteiger partial charge is 0.280 e. The van der Waals surface area contributed by atoms with Crippen LogP contribution in [0.1, 0.15) is 18.1 Å². The molecule has 0 aliphatic rings. The molecule has 0 N–H and O–H groups in total. The average Bonchev–Trinajstić information content (AvgIpc) is 2.15. The normalized spacial score (nSPS) is 9.69. The van der Waals surface area contributed by atoms with Crippen molar-refractivity contribution in [3.8, 4) is 11.8 Å². The van der Waals surface area contributed by atoms with E-state index in [1.165, 1.54) is 5.56 Å². The van der Waals surface area contributed by atoms with E-state index in [2.05, 4.69) is 48.0 Å². The highest BCUT2D eigenvalue weighted by molar-refractivity contribution is 5.79. The van der Waals surface area contributed by atoms with E-state index in [-0.39, 0.29) is 0 Å². The quantitative estimate of drug-likeness (QED) is 0.478. The highest BCUT2D eigenvalue weighted by Crippen LogP contribution is 1.99. The molecule has 0 aliphatic heterocycles. The van der Waals surface area contributed by atoms with Crippen LogP contribution in [0.4, 0.5) is 0 Å². The van der Waals surface area contributed by atoms with Gasteiger partial charge in [0, 0.05) is 6.21 Å². The molecule has 1 heteroatoms. The molecule has 0 fully saturated rings. The first-order chi connectivity index (χ1) is 6.33. The SMILES string of the molecule is CC#CCN=Cc1ccc(C)cc1. The van der Waals surface area contributed by atoms with E-state index in [9.17, 15) is 0 Å².